The van der Waals surface area contributed by atoms with Gasteiger partial charge in [-0.3, -0.25) is 9.78 Å². The first-order valence-electron chi connectivity index (χ1n) is 9.35. The van der Waals surface area contributed by atoms with Crippen LogP contribution in [0.1, 0.15) is 35.5 Å². The monoisotopic (exact) mass is 359 g/mol. The Balaban J connectivity index is 1.78. The smallest absolute Gasteiger partial charge is 0.272 e. The van der Waals surface area contributed by atoms with Crippen LogP contribution in [0.25, 0.3) is 0 Å². The first-order chi connectivity index (χ1) is 13.2. The summed E-state index contributed by atoms with van der Waals surface area (Å²) in [4.78, 5) is 19.1. The van der Waals surface area contributed by atoms with Gasteiger partial charge in [-0.1, -0.05) is 55.5 Å². The van der Waals surface area contributed by atoms with Gasteiger partial charge in [-0.2, -0.15) is 0 Å². The van der Waals surface area contributed by atoms with Crippen molar-refractivity contribution in [2.75, 3.05) is 11.9 Å². The number of pyridine rings is 1. The zero-order chi connectivity index (χ0) is 19.1. The van der Waals surface area contributed by atoms with Gasteiger partial charge in [0.15, 0.2) is 0 Å². The third kappa shape index (κ3) is 4.73. The summed E-state index contributed by atoms with van der Waals surface area (Å²) in [5, 5.41) is 3.41. The zero-order valence-electron chi connectivity index (χ0n) is 15.9. The molecule has 0 aliphatic carbocycles. The van der Waals surface area contributed by atoms with E-state index in [2.05, 4.69) is 29.4 Å². The molecule has 0 fully saturated rings. The van der Waals surface area contributed by atoms with Gasteiger partial charge < -0.3 is 10.2 Å². The molecule has 4 heteroatoms. The van der Waals surface area contributed by atoms with Gasteiger partial charge in [0.1, 0.15) is 5.69 Å². The maximum absolute atomic E-state index is 12.9. The SMILES string of the molecule is CCc1ccccc1Nc1ccnc(C(=O)N(CC)Cc2ccccc2)c1. The molecule has 1 amide bonds. The molecule has 0 saturated carbocycles. The Morgan fingerprint density at radius 1 is 1.00 bits per heavy atom. The van der Waals surface area contributed by atoms with Crippen molar-refractivity contribution in [3.63, 3.8) is 0 Å². The average molecular weight is 359 g/mol. The first-order valence-corrected chi connectivity index (χ1v) is 9.35. The fourth-order valence-corrected chi connectivity index (χ4v) is 3.02. The van der Waals surface area contributed by atoms with Crippen LogP contribution in [-0.2, 0) is 13.0 Å². The van der Waals surface area contributed by atoms with Crippen LogP contribution in [0, 0.1) is 0 Å². The molecular formula is C23H25N3O. The Kier molecular flexibility index (Phi) is 6.21. The summed E-state index contributed by atoms with van der Waals surface area (Å²) < 4.78 is 0. The minimum Gasteiger partial charge on any atom is -0.355 e. The van der Waals surface area contributed by atoms with E-state index in [-0.39, 0.29) is 5.91 Å². The molecule has 3 aromatic rings. The van der Waals surface area contributed by atoms with Gasteiger partial charge in [0, 0.05) is 30.7 Å². The molecule has 0 atom stereocenters. The number of hydrogen-bond acceptors (Lipinski definition) is 3. The van der Waals surface area contributed by atoms with E-state index < -0.39 is 0 Å². The van der Waals surface area contributed by atoms with Crippen molar-refractivity contribution in [3.05, 3.63) is 89.7 Å². The lowest BCUT2D eigenvalue weighted by Crippen LogP contribution is -2.31. The van der Waals surface area contributed by atoms with Gasteiger partial charge in [-0.25, -0.2) is 0 Å². The van der Waals surface area contributed by atoms with Crippen LogP contribution in [0.5, 0.6) is 0 Å². The second-order valence-corrected chi connectivity index (χ2v) is 6.37. The number of carbonyl (C=O) groups is 1. The van der Waals surface area contributed by atoms with Crippen molar-refractivity contribution in [2.45, 2.75) is 26.8 Å². The number of nitrogens with one attached hydrogen (secondary N) is 1. The van der Waals surface area contributed by atoms with Gasteiger partial charge >= 0.3 is 0 Å². The molecule has 27 heavy (non-hydrogen) atoms. The Morgan fingerprint density at radius 3 is 2.48 bits per heavy atom. The second-order valence-electron chi connectivity index (χ2n) is 6.37. The van der Waals surface area contributed by atoms with Crippen molar-refractivity contribution < 1.29 is 4.79 Å². The van der Waals surface area contributed by atoms with Gasteiger partial charge in [0.25, 0.3) is 5.91 Å². The molecule has 0 saturated heterocycles. The summed E-state index contributed by atoms with van der Waals surface area (Å²) >= 11 is 0. The van der Waals surface area contributed by atoms with Crippen LogP contribution in [0.4, 0.5) is 11.4 Å². The molecule has 0 aliphatic rings. The quantitative estimate of drug-likeness (QED) is 0.642. The van der Waals surface area contributed by atoms with E-state index in [1.807, 2.05) is 61.5 Å². The molecule has 138 valence electrons. The number of para-hydroxylation sites is 1. The Hall–Kier alpha value is -3.14. The molecule has 0 spiro atoms. The van der Waals surface area contributed by atoms with E-state index in [4.69, 9.17) is 0 Å². The largest absolute Gasteiger partial charge is 0.355 e. The van der Waals surface area contributed by atoms with Crippen molar-refractivity contribution >= 4 is 17.3 Å². The first kappa shape index (κ1) is 18.6. The fraction of sp³-hybridized carbons (Fsp3) is 0.217. The summed E-state index contributed by atoms with van der Waals surface area (Å²) in [6, 6.07) is 21.9. The number of amides is 1. The van der Waals surface area contributed by atoms with Crippen LogP contribution in [0.3, 0.4) is 0 Å². The van der Waals surface area contributed by atoms with Crippen molar-refractivity contribution in [1.29, 1.82) is 0 Å². The van der Waals surface area contributed by atoms with Crippen LogP contribution in [0.2, 0.25) is 0 Å². The summed E-state index contributed by atoms with van der Waals surface area (Å²) in [6.07, 6.45) is 2.63. The highest BCUT2D eigenvalue weighted by molar-refractivity contribution is 5.93. The number of anilines is 2. The minimum absolute atomic E-state index is 0.0613. The summed E-state index contributed by atoms with van der Waals surface area (Å²) in [7, 11) is 0. The number of aryl methyl sites for hydroxylation is 1. The number of benzene rings is 2. The van der Waals surface area contributed by atoms with E-state index in [9.17, 15) is 4.79 Å². The van der Waals surface area contributed by atoms with E-state index in [1.54, 1.807) is 11.1 Å². The van der Waals surface area contributed by atoms with Crippen molar-refractivity contribution in [2.24, 2.45) is 0 Å². The van der Waals surface area contributed by atoms with Gasteiger partial charge in [0.2, 0.25) is 0 Å². The molecule has 1 aromatic heterocycles. The molecular weight excluding hydrogens is 334 g/mol. The zero-order valence-corrected chi connectivity index (χ0v) is 15.9. The molecule has 4 nitrogen and oxygen atoms in total. The minimum atomic E-state index is -0.0613. The fourth-order valence-electron chi connectivity index (χ4n) is 3.02. The maximum atomic E-state index is 12.9. The molecule has 2 aromatic carbocycles. The Bertz CT molecular complexity index is 893. The van der Waals surface area contributed by atoms with Gasteiger partial charge in [-0.05, 0) is 42.7 Å². The van der Waals surface area contributed by atoms with Crippen LogP contribution in [-0.4, -0.2) is 22.3 Å². The van der Waals surface area contributed by atoms with E-state index in [0.717, 1.165) is 23.4 Å². The molecule has 3 rings (SSSR count). The predicted molar refractivity (Wildman–Crippen MR) is 110 cm³/mol. The molecule has 0 aliphatic heterocycles. The van der Waals surface area contributed by atoms with Gasteiger partial charge in [0.05, 0.1) is 0 Å². The molecule has 0 unspecified atom stereocenters. The van der Waals surface area contributed by atoms with Crippen molar-refractivity contribution in [1.82, 2.24) is 9.88 Å². The lowest BCUT2D eigenvalue weighted by atomic mass is 10.1. The second kappa shape index (κ2) is 8.99. The lowest BCUT2D eigenvalue weighted by molar-refractivity contribution is 0.0746. The van der Waals surface area contributed by atoms with E-state index in [0.29, 0.717) is 18.8 Å². The summed E-state index contributed by atoms with van der Waals surface area (Å²) in [5.74, 6) is -0.0613. The molecule has 0 bridgehead atoms. The maximum Gasteiger partial charge on any atom is 0.272 e. The third-order valence-corrected chi connectivity index (χ3v) is 4.54. The van der Waals surface area contributed by atoms with Crippen LogP contribution >= 0.6 is 0 Å². The van der Waals surface area contributed by atoms with Gasteiger partial charge in [-0.15, -0.1) is 0 Å². The highest BCUT2D eigenvalue weighted by Crippen LogP contribution is 2.22. The molecule has 0 radical (unpaired) electrons. The van der Waals surface area contributed by atoms with E-state index in [1.165, 1.54) is 5.56 Å². The third-order valence-electron chi connectivity index (χ3n) is 4.54. The Labute approximate surface area is 160 Å². The Morgan fingerprint density at radius 2 is 1.74 bits per heavy atom. The number of rotatable bonds is 7. The summed E-state index contributed by atoms with van der Waals surface area (Å²) in [5.41, 5.74) is 4.72. The highest BCUT2D eigenvalue weighted by Gasteiger charge is 2.16. The van der Waals surface area contributed by atoms with Crippen LogP contribution in [0.15, 0.2) is 72.9 Å². The van der Waals surface area contributed by atoms with Crippen LogP contribution < -0.4 is 5.32 Å². The number of aromatic nitrogens is 1. The highest BCUT2D eigenvalue weighted by atomic mass is 16.2. The number of hydrogen-bond donors (Lipinski definition) is 1. The summed E-state index contributed by atoms with van der Waals surface area (Å²) in [6.45, 7) is 5.32. The number of nitrogens with zero attached hydrogens (tertiary/aromatic N) is 2. The van der Waals surface area contributed by atoms with Crippen molar-refractivity contribution in [3.8, 4) is 0 Å². The normalized spacial score (nSPS) is 10.4. The molecule has 1 heterocycles. The lowest BCUT2D eigenvalue weighted by Gasteiger charge is -2.21. The van der Waals surface area contributed by atoms with E-state index >= 15 is 0 Å². The number of carbonyl (C=O) groups excluding carboxylic acids is 1. The molecule has 1 N–H and O–H groups in total. The average Bonchev–Trinajstić information content (AvgIpc) is 2.73. The predicted octanol–water partition coefficient (Wildman–Crippen LogP) is 5.05. The topological polar surface area (TPSA) is 45.2 Å². The standard InChI is InChI=1S/C23H25N3O/c1-3-19-12-8-9-13-21(19)25-20-14-15-24-22(16-20)23(27)26(4-2)17-18-10-6-5-7-11-18/h5-16H,3-4,17H2,1-2H3,(H,24,25).